The van der Waals surface area contributed by atoms with Crippen LogP contribution in [0.2, 0.25) is 0 Å². The third-order valence-electron chi connectivity index (χ3n) is 4.99. The number of carbonyl (C=O) groups excluding carboxylic acids is 1. The van der Waals surface area contributed by atoms with E-state index in [1.165, 1.54) is 0 Å². The molecule has 0 aliphatic carbocycles. The van der Waals surface area contributed by atoms with Gasteiger partial charge in [-0.2, -0.15) is 5.10 Å². The maximum Gasteiger partial charge on any atom is 0.322 e. The summed E-state index contributed by atoms with van der Waals surface area (Å²) in [6, 6.07) is 10.6. The van der Waals surface area contributed by atoms with Crippen molar-refractivity contribution in [1.29, 1.82) is 0 Å². The molecule has 0 bridgehead atoms. The van der Waals surface area contributed by atoms with Crippen molar-refractivity contribution < 1.29 is 9.53 Å². The molecule has 4 rings (SSSR count). The Morgan fingerprint density at radius 1 is 1.38 bits per heavy atom. The molecule has 8 nitrogen and oxygen atoms in total. The van der Waals surface area contributed by atoms with Gasteiger partial charge in [0.2, 0.25) is 0 Å². The minimum Gasteiger partial charge on any atom is -0.489 e. The fraction of sp³-hybridized carbons (Fsp3) is 0.261. The summed E-state index contributed by atoms with van der Waals surface area (Å²) < 4.78 is 5.82. The molecule has 1 amide bonds. The Hall–Kier alpha value is -3.61. The molecule has 1 aliphatic rings. The van der Waals surface area contributed by atoms with Gasteiger partial charge in [-0.25, -0.2) is 15.1 Å². The minimum atomic E-state index is -0.335. The smallest absolute Gasteiger partial charge is 0.322 e. The molecule has 0 saturated carbocycles. The number of rotatable bonds is 5. The highest BCUT2D eigenvalue weighted by molar-refractivity contribution is 7.09. The van der Waals surface area contributed by atoms with Crippen LogP contribution in [0.3, 0.4) is 0 Å². The molecule has 162 valence electrons. The molecule has 0 unspecified atom stereocenters. The average Bonchev–Trinajstić information content (AvgIpc) is 3.37. The largest absolute Gasteiger partial charge is 0.489 e. The number of likely N-dealkylation sites (N-methyl/N-ethyl adjacent to an activating group) is 1. The first-order chi connectivity index (χ1) is 15.4. The second kappa shape index (κ2) is 9.26. The van der Waals surface area contributed by atoms with Gasteiger partial charge in [0.25, 0.3) is 5.91 Å². The van der Waals surface area contributed by atoms with Crippen molar-refractivity contribution >= 4 is 23.0 Å². The zero-order chi connectivity index (χ0) is 22.7. The van der Waals surface area contributed by atoms with Gasteiger partial charge >= 0.3 is 4.87 Å². The fourth-order valence-electron chi connectivity index (χ4n) is 3.55. The Bertz CT molecular complexity index is 1270. The number of aromatic nitrogens is 3. The van der Waals surface area contributed by atoms with Gasteiger partial charge in [-0.15, -0.1) is 6.42 Å². The first kappa shape index (κ1) is 21.6. The minimum absolute atomic E-state index is 0.160. The normalized spacial score (nSPS) is 17.4. The predicted octanol–water partition coefficient (Wildman–Crippen LogP) is 2.41. The standard InChI is InChI=1S/C23H21N5O3S/c1-4-17-10-15(9-14(2)24-17)13-31-18-7-5-16(6-8-18)21(29)25-20-12-28(3)11-19(20)22-26-27-23(30)32-22/h1,5-10,19H,11-13H2,2-3H3,(H,27,30)/t19-/m0/s1. The fourth-order valence-corrected chi connectivity index (χ4v) is 4.27. The molecule has 3 aromatic rings. The summed E-state index contributed by atoms with van der Waals surface area (Å²) in [6.07, 6.45) is 5.43. The number of amides is 1. The first-order valence-corrected chi connectivity index (χ1v) is 10.8. The van der Waals surface area contributed by atoms with Gasteiger partial charge < -0.3 is 4.74 Å². The number of carbonyl (C=O) groups is 1. The number of benzene rings is 1. The third-order valence-corrected chi connectivity index (χ3v) is 5.86. The summed E-state index contributed by atoms with van der Waals surface area (Å²) in [5, 5.41) is 7.15. The number of H-pyrrole nitrogens is 1. The number of hydrogen-bond acceptors (Lipinski definition) is 7. The second-order valence-electron chi connectivity index (χ2n) is 7.57. The van der Waals surface area contributed by atoms with Crippen LogP contribution in [0.4, 0.5) is 0 Å². The van der Waals surface area contributed by atoms with E-state index in [4.69, 9.17) is 11.2 Å². The second-order valence-corrected chi connectivity index (χ2v) is 8.56. The van der Waals surface area contributed by atoms with Crippen LogP contribution in [-0.2, 0) is 6.61 Å². The van der Waals surface area contributed by atoms with Crippen molar-refractivity contribution in [3.05, 3.63) is 73.6 Å². The van der Waals surface area contributed by atoms with Gasteiger partial charge in [0.1, 0.15) is 23.1 Å². The highest BCUT2D eigenvalue weighted by Crippen LogP contribution is 2.25. The maximum absolute atomic E-state index is 12.7. The van der Waals surface area contributed by atoms with Gasteiger partial charge in [-0.1, -0.05) is 17.3 Å². The van der Waals surface area contributed by atoms with Gasteiger partial charge in [0.05, 0.1) is 5.92 Å². The summed E-state index contributed by atoms with van der Waals surface area (Å²) in [5.41, 5.74) is 3.49. The zero-order valence-corrected chi connectivity index (χ0v) is 18.5. The summed E-state index contributed by atoms with van der Waals surface area (Å²) in [4.78, 5) is 34.6. The lowest BCUT2D eigenvalue weighted by atomic mass is 10.1. The Balaban J connectivity index is 1.44. The molecule has 32 heavy (non-hydrogen) atoms. The lowest BCUT2D eigenvalue weighted by Gasteiger charge is -2.08. The summed E-state index contributed by atoms with van der Waals surface area (Å²) in [7, 11) is 1.94. The van der Waals surface area contributed by atoms with Crippen molar-refractivity contribution in [3.8, 4) is 18.1 Å². The summed E-state index contributed by atoms with van der Waals surface area (Å²) in [6.45, 7) is 3.44. The zero-order valence-electron chi connectivity index (χ0n) is 17.7. The molecule has 0 spiro atoms. The average molecular weight is 448 g/mol. The number of aromatic amines is 1. The Morgan fingerprint density at radius 3 is 2.84 bits per heavy atom. The molecule has 1 aromatic carbocycles. The monoisotopic (exact) mass is 447 g/mol. The number of aliphatic imine (C=N–C) groups is 1. The van der Waals surface area contributed by atoms with Crippen LogP contribution in [0.1, 0.15) is 38.2 Å². The number of nitrogens with one attached hydrogen (secondary N) is 1. The van der Waals surface area contributed by atoms with Crippen molar-refractivity contribution in [3.63, 3.8) is 0 Å². The Kier molecular flexibility index (Phi) is 6.25. The molecule has 1 N–H and O–H groups in total. The molecule has 1 aliphatic heterocycles. The van der Waals surface area contributed by atoms with Crippen molar-refractivity contribution in [2.45, 2.75) is 19.4 Å². The van der Waals surface area contributed by atoms with Crippen molar-refractivity contribution in [1.82, 2.24) is 20.1 Å². The van der Waals surface area contributed by atoms with Crippen LogP contribution in [0.15, 0.2) is 46.2 Å². The van der Waals surface area contributed by atoms with Gasteiger partial charge in [-0.05, 0) is 55.9 Å². The van der Waals surface area contributed by atoms with Gasteiger partial charge in [-0.3, -0.25) is 14.5 Å². The van der Waals surface area contributed by atoms with Crippen molar-refractivity contribution in [2.24, 2.45) is 4.99 Å². The molecule has 1 saturated heterocycles. The van der Waals surface area contributed by atoms with E-state index in [0.717, 1.165) is 22.6 Å². The number of likely N-dealkylation sites (tertiary alicyclic amines) is 1. The molecule has 2 aromatic heterocycles. The SMILES string of the molecule is C#Cc1cc(COc2ccc(C(=O)N=C3CN(C)C[C@@H]3c3n[nH]c(=O)s3)cc2)cc(C)n1. The van der Waals surface area contributed by atoms with Crippen LogP contribution in [-0.4, -0.2) is 51.8 Å². The quantitative estimate of drug-likeness (QED) is 0.603. The van der Waals surface area contributed by atoms with E-state index in [9.17, 15) is 9.59 Å². The number of terminal acetylenes is 1. The summed E-state index contributed by atoms with van der Waals surface area (Å²) >= 11 is 1.05. The molecule has 1 atom stereocenters. The topological polar surface area (TPSA) is 101 Å². The van der Waals surface area contributed by atoms with Crippen LogP contribution >= 0.6 is 11.3 Å². The van der Waals surface area contributed by atoms with E-state index in [1.807, 2.05) is 31.0 Å². The van der Waals surface area contributed by atoms with Gasteiger partial charge in [0.15, 0.2) is 0 Å². The number of ether oxygens (including phenoxy) is 1. The molecule has 9 heteroatoms. The maximum atomic E-state index is 12.7. The Labute approximate surface area is 189 Å². The molecule has 0 radical (unpaired) electrons. The van der Waals surface area contributed by atoms with E-state index in [-0.39, 0.29) is 16.7 Å². The number of hydrogen-bond donors (Lipinski definition) is 1. The molecular weight excluding hydrogens is 426 g/mol. The van der Waals surface area contributed by atoms with E-state index in [1.54, 1.807) is 24.3 Å². The van der Waals surface area contributed by atoms with Crippen LogP contribution in [0, 0.1) is 19.3 Å². The van der Waals surface area contributed by atoms with E-state index in [2.05, 4.69) is 26.1 Å². The first-order valence-electron chi connectivity index (χ1n) is 9.94. The molecule has 1 fully saturated rings. The molecular formula is C23H21N5O3S. The highest BCUT2D eigenvalue weighted by Gasteiger charge is 2.31. The van der Waals surface area contributed by atoms with E-state index >= 15 is 0 Å². The number of aryl methyl sites for hydroxylation is 1. The Morgan fingerprint density at radius 2 is 2.16 bits per heavy atom. The highest BCUT2D eigenvalue weighted by atomic mass is 32.1. The van der Waals surface area contributed by atoms with E-state index < -0.39 is 0 Å². The van der Waals surface area contributed by atoms with E-state index in [0.29, 0.717) is 47.4 Å². The summed E-state index contributed by atoms with van der Waals surface area (Å²) in [5.74, 6) is 2.67. The van der Waals surface area contributed by atoms with Crippen molar-refractivity contribution in [2.75, 3.05) is 20.1 Å². The number of pyridine rings is 1. The lowest BCUT2D eigenvalue weighted by molar-refractivity contribution is 0.100. The van der Waals surface area contributed by atoms with Crippen LogP contribution < -0.4 is 9.61 Å². The van der Waals surface area contributed by atoms with Crippen LogP contribution in [0.5, 0.6) is 5.75 Å². The number of nitrogens with zero attached hydrogens (tertiary/aromatic N) is 4. The third kappa shape index (κ3) is 4.99. The van der Waals surface area contributed by atoms with Crippen LogP contribution in [0.25, 0.3) is 0 Å². The molecule has 3 heterocycles. The predicted molar refractivity (Wildman–Crippen MR) is 122 cm³/mol. The van der Waals surface area contributed by atoms with Gasteiger partial charge in [0, 0.05) is 30.1 Å². The lowest BCUT2D eigenvalue weighted by Crippen LogP contribution is -2.14.